The molecule has 1 unspecified atom stereocenters. The summed E-state index contributed by atoms with van der Waals surface area (Å²) in [6.45, 7) is 0. The highest BCUT2D eigenvalue weighted by molar-refractivity contribution is 5.22. The zero-order valence-electron chi connectivity index (χ0n) is 9.05. The maximum absolute atomic E-state index is 13.5. The zero-order chi connectivity index (χ0) is 11.5. The van der Waals surface area contributed by atoms with Gasteiger partial charge in [0.05, 0.1) is 0 Å². The maximum atomic E-state index is 13.5. The van der Waals surface area contributed by atoms with Crippen molar-refractivity contribution < 1.29 is 8.78 Å². The Morgan fingerprint density at radius 3 is 2.69 bits per heavy atom. The van der Waals surface area contributed by atoms with Crippen LogP contribution in [0.3, 0.4) is 0 Å². The van der Waals surface area contributed by atoms with E-state index in [2.05, 4.69) is 5.43 Å². The first-order chi connectivity index (χ1) is 7.72. The largest absolute Gasteiger partial charge is 0.271 e. The first-order valence-corrected chi connectivity index (χ1v) is 5.62. The van der Waals surface area contributed by atoms with Gasteiger partial charge in [-0.3, -0.25) is 11.3 Å². The molecule has 1 fully saturated rings. The van der Waals surface area contributed by atoms with Gasteiger partial charge in [0.2, 0.25) is 0 Å². The van der Waals surface area contributed by atoms with Crippen molar-refractivity contribution in [3.8, 4) is 0 Å². The second kappa shape index (κ2) is 4.89. The SMILES string of the molecule is NNC(CC1CCC1)c1cccc(F)c1F. The number of rotatable bonds is 4. The van der Waals surface area contributed by atoms with Crippen LogP contribution in [0.25, 0.3) is 0 Å². The number of nitrogens with one attached hydrogen (secondary N) is 1. The highest BCUT2D eigenvalue weighted by atomic mass is 19.2. The Morgan fingerprint density at radius 1 is 1.38 bits per heavy atom. The molecule has 0 aromatic heterocycles. The lowest BCUT2D eigenvalue weighted by Gasteiger charge is -2.29. The molecule has 1 aromatic carbocycles. The second-order valence-corrected chi connectivity index (χ2v) is 4.39. The first-order valence-electron chi connectivity index (χ1n) is 5.62. The topological polar surface area (TPSA) is 38.0 Å². The molecule has 1 aliphatic carbocycles. The summed E-state index contributed by atoms with van der Waals surface area (Å²) in [7, 11) is 0. The van der Waals surface area contributed by atoms with E-state index in [0.717, 1.165) is 25.3 Å². The average molecular weight is 226 g/mol. The Bertz CT molecular complexity index is 364. The van der Waals surface area contributed by atoms with E-state index in [1.165, 1.54) is 12.5 Å². The number of hydrogen-bond acceptors (Lipinski definition) is 2. The van der Waals surface area contributed by atoms with Crippen molar-refractivity contribution in [3.63, 3.8) is 0 Å². The predicted molar refractivity (Wildman–Crippen MR) is 58.4 cm³/mol. The lowest BCUT2D eigenvalue weighted by atomic mass is 9.79. The molecule has 2 nitrogen and oxygen atoms in total. The maximum Gasteiger partial charge on any atom is 0.163 e. The lowest BCUT2D eigenvalue weighted by Crippen LogP contribution is -2.31. The van der Waals surface area contributed by atoms with E-state index in [1.807, 2.05) is 0 Å². The standard InChI is InChI=1S/C12H16F2N2/c13-10-6-2-5-9(12(10)14)11(16-15)7-8-3-1-4-8/h2,5-6,8,11,16H,1,3-4,7,15H2. The van der Waals surface area contributed by atoms with Crippen LogP contribution >= 0.6 is 0 Å². The smallest absolute Gasteiger partial charge is 0.163 e. The molecule has 1 aliphatic rings. The summed E-state index contributed by atoms with van der Waals surface area (Å²) < 4.78 is 26.6. The van der Waals surface area contributed by atoms with Crippen LogP contribution in [0, 0.1) is 17.6 Å². The molecule has 1 saturated carbocycles. The van der Waals surface area contributed by atoms with E-state index in [4.69, 9.17) is 5.84 Å². The van der Waals surface area contributed by atoms with Crippen molar-refractivity contribution in [2.24, 2.45) is 11.8 Å². The minimum atomic E-state index is -0.814. The fourth-order valence-electron chi connectivity index (χ4n) is 2.14. The number of hydrogen-bond donors (Lipinski definition) is 2. The van der Waals surface area contributed by atoms with Crippen LogP contribution in [-0.4, -0.2) is 0 Å². The molecule has 1 aromatic rings. The van der Waals surface area contributed by atoms with Gasteiger partial charge < -0.3 is 0 Å². The fraction of sp³-hybridized carbons (Fsp3) is 0.500. The van der Waals surface area contributed by atoms with E-state index in [0.29, 0.717) is 11.5 Å². The van der Waals surface area contributed by atoms with Crippen molar-refractivity contribution in [2.45, 2.75) is 31.7 Å². The van der Waals surface area contributed by atoms with Crippen LogP contribution in [0.4, 0.5) is 8.78 Å². The van der Waals surface area contributed by atoms with Crippen LogP contribution in [-0.2, 0) is 0 Å². The zero-order valence-corrected chi connectivity index (χ0v) is 9.05. The minimum absolute atomic E-state index is 0.291. The Balaban J connectivity index is 2.15. The van der Waals surface area contributed by atoms with Gasteiger partial charge in [-0.05, 0) is 18.4 Å². The highest BCUT2D eigenvalue weighted by Gasteiger charge is 2.24. The second-order valence-electron chi connectivity index (χ2n) is 4.39. The number of benzene rings is 1. The molecule has 16 heavy (non-hydrogen) atoms. The molecule has 0 aliphatic heterocycles. The molecule has 4 heteroatoms. The minimum Gasteiger partial charge on any atom is -0.271 e. The van der Waals surface area contributed by atoms with Gasteiger partial charge in [0.15, 0.2) is 11.6 Å². The normalized spacial score (nSPS) is 18.2. The third-order valence-corrected chi connectivity index (χ3v) is 3.35. The van der Waals surface area contributed by atoms with Crippen LogP contribution in [0.15, 0.2) is 18.2 Å². The van der Waals surface area contributed by atoms with Crippen LogP contribution in [0.1, 0.15) is 37.3 Å². The summed E-state index contributed by atoms with van der Waals surface area (Å²) in [5.41, 5.74) is 2.91. The third-order valence-electron chi connectivity index (χ3n) is 3.35. The van der Waals surface area contributed by atoms with Gasteiger partial charge in [-0.1, -0.05) is 31.4 Å². The quantitative estimate of drug-likeness (QED) is 0.612. The van der Waals surface area contributed by atoms with E-state index in [-0.39, 0.29) is 6.04 Å². The molecular weight excluding hydrogens is 210 g/mol. The summed E-state index contributed by atoms with van der Waals surface area (Å²) >= 11 is 0. The van der Waals surface area contributed by atoms with Gasteiger partial charge in [0.1, 0.15) is 0 Å². The molecule has 0 bridgehead atoms. The summed E-state index contributed by atoms with van der Waals surface area (Å²) in [4.78, 5) is 0. The van der Waals surface area contributed by atoms with Crippen molar-refractivity contribution in [3.05, 3.63) is 35.4 Å². The lowest BCUT2D eigenvalue weighted by molar-refractivity contribution is 0.259. The average Bonchev–Trinajstić information content (AvgIpc) is 2.22. The number of halogens is 2. The molecule has 0 saturated heterocycles. The van der Waals surface area contributed by atoms with Crippen molar-refractivity contribution in [1.82, 2.24) is 5.43 Å². The molecule has 0 radical (unpaired) electrons. The van der Waals surface area contributed by atoms with Gasteiger partial charge in [-0.2, -0.15) is 0 Å². The predicted octanol–water partition coefficient (Wildman–Crippen LogP) is 2.66. The van der Waals surface area contributed by atoms with Gasteiger partial charge in [-0.15, -0.1) is 0 Å². The Kier molecular flexibility index (Phi) is 3.51. The first kappa shape index (κ1) is 11.5. The van der Waals surface area contributed by atoms with Crippen molar-refractivity contribution >= 4 is 0 Å². The molecule has 0 heterocycles. The molecule has 88 valence electrons. The van der Waals surface area contributed by atoms with E-state index in [9.17, 15) is 8.78 Å². The van der Waals surface area contributed by atoms with E-state index in [1.54, 1.807) is 6.07 Å². The summed E-state index contributed by atoms with van der Waals surface area (Å²) in [6.07, 6.45) is 4.33. The molecule has 2 rings (SSSR count). The van der Waals surface area contributed by atoms with Gasteiger partial charge in [0, 0.05) is 11.6 Å². The van der Waals surface area contributed by atoms with Gasteiger partial charge in [0.25, 0.3) is 0 Å². The molecule has 1 atom stereocenters. The number of hydrazine groups is 1. The summed E-state index contributed by atoms with van der Waals surface area (Å²) in [5, 5.41) is 0. The Hall–Kier alpha value is -1.00. The van der Waals surface area contributed by atoms with Crippen LogP contribution in [0.5, 0.6) is 0 Å². The van der Waals surface area contributed by atoms with Gasteiger partial charge in [-0.25, -0.2) is 8.78 Å². The van der Waals surface area contributed by atoms with Crippen molar-refractivity contribution in [1.29, 1.82) is 0 Å². The number of nitrogens with two attached hydrogens (primary N) is 1. The van der Waals surface area contributed by atoms with Crippen LogP contribution < -0.4 is 11.3 Å². The van der Waals surface area contributed by atoms with E-state index >= 15 is 0 Å². The third kappa shape index (κ3) is 2.23. The van der Waals surface area contributed by atoms with Gasteiger partial charge >= 0.3 is 0 Å². The Morgan fingerprint density at radius 2 is 2.12 bits per heavy atom. The molecular formula is C12H16F2N2. The van der Waals surface area contributed by atoms with Crippen molar-refractivity contribution in [2.75, 3.05) is 0 Å². The monoisotopic (exact) mass is 226 g/mol. The Labute approximate surface area is 93.8 Å². The summed E-state index contributed by atoms with van der Waals surface area (Å²) in [5.74, 6) is 4.40. The molecule has 0 amide bonds. The van der Waals surface area contributed by atoms with E-state index < -0.39 is 11.6 Å². The van der Waals surface area contributed by atoms with Crippen LogP contribution in [0.2, 0.25) is 0 Å². The molecule has 0 spiro atoms. The molecule has 3 N–H and O–H groups in total. The highest BCUT2D eigenvalue weighted by Crippen LogP contribution is 2.35. The fourth-order valence-corrected chi connectivity index (χ4v) is 2.14. The summed E-state index contributed by atoms with van der Waals surface area (Å²) in [6, 6.07) is 3.93.